The summed E-state index contributed by atoms with van der Waals surface area (Å²) >= 11 is 3.45. The molecule has 1 aromatic carbocycles. The molecule has 0 bridgehead atoms. The SMILES string of the molecule is CN=C(NCc1ccc(Br)cc1)NC1CCN(C(=O)C2CCCC2)C1. The molecule has 1 saturated heterocycles. The van der Waals surface area contributed by atoms with Crippen molar-refractivity contribution in [2.75, 3.05) is 20.1 Å². The van der Waals surface area contributed by atoms with E-state index in [0.717, 1.165) is 49.3 Å². The molecular weight excluding hydrogens is 380 g/mol. The van der Waals surface area contributed by atoms with E-state index in [1.807, 2.05) is 17.0 Å². The van der Waals surface area contributed by atoms with Gasteiger partial charge in [0.2, 0.25) is 5.91 Å². The second-order valence-corrected chi connectivity index (χ2v) is 7.86. The van der Waals surface area contributed by atoms with Crippen LogP contribution in [0.2, 0.25) is 0 Å². The van der Waals surface area contributed by atoms with Crippen molar-refractivity contribution in [2.24, 2.45) is 10.9 Å². The van der Waals surface area contributed by atoms with Crippen molar-refractivity contribution in [1.29, 1.82) is 0 Å². The molecule has 5 nitrogen and oxygen atoms in total. The van der Waals surface area contributed by atoms with Crippen LogP contribution in [0.25, 0.3) is 0 Å². The van der Waals surface area contributed by atoms with E-state index in [2.05, 4.69) is 43.7 Å². The van der Waals surface area contributed by atoms with Gasteiger partial charge in [0.1, 0.15) is 0 Å². The standard InChI is InChI=1S/C19H27BrN4O/c1-21-19(22-12-14-6-8-16(20)9-7-14)23-17-10-11-24(13-17)18(25)15-4-2-3-5-15/h6-9,15,17H,2-5,10-13H2,1H3,(H2,21,22,23). The van der Waals surface area contributed by atoms with Crippen molar-refractivity contribution in [3.8, 4) is 0 Å². The third kappa shape index (κ3) is 4.97. The summed E-state index contributed by atoms with van der Waals surface area (Å²) in [5.74, 6) is 1.43. The Hall–Kier alpha value is -1.56. The van der Waals surface area contributed by atoms with Crippen LogP contribution in [0.5, 0.6) is 0 Å². The van der Waals surface area contributed by atoms with Crippen LogP contribution in [-0.4, -0.2) is 42.9 Å². The summed E-state index contributed by atoms with van der Waals surface area (Å²) in [6.07, 6.45) is 5.54. The molecule has 2 fully saturated rings. The van der Waals surface area contributed by atoms with Crippen LogP contribution >= 0.6 is 15.9 Å². The van der Waals surface area contributed by atoms with Gasteiger partial charge in [0.25, 0.3) is 0 Å². The van der Waals surface area contributed by atoms with Gasteiger partial charge >= 0.3 is 0 Å². The number of hydrogen-bond donors (Lipinski definition) is 2. The highest BCUT2D eigenvalue weighted by atomic mass is 79.9. The van der Waals surface area contributed by atoms with Gasteiger partial charge < -0.3 is 15.5 Å². The zero-order chi connectivity index (χ0) is 17.6. The minimum atomic E-state index is 0.272. The molecule has 3 rings (SSSR count). The summed E-state index contributed by atoms with van der Waals surface area (Å²) in [6.45, 7) is 2.37. The monoisotopic (exact) mass is 406 g/mol. The Morgan fingerprint density at radius 1 is 1.24 bits per heavy atom. The molecule has 0 spiro atoms. The maximum absolute atomic E-state index is 12.5. The van der Waals surface area contributed by atoms with E-state index < -0.39 is 0 Å². The molecule has 6 heteroatoms. The molecule has 1 unspecified atom stereocenters. The molecule has 136 valence electrons. The van der Waals surface area contributed by atoms with Crippen molar-refractivity contribution in [3.63, 3.8) is 0 Å². The van der Waals surface area contributed by atoms with Crippen LogP contribution in [0.1, 0.15) is 37.7 Å². The minimum Gasteiger partial charge on any atom is -0.352 e. The number of guanidine groups is 1. The Balaban J connectivity index is 1.46. The fraction of sp³-hybridized carbons (Fsp3) is 0.579. The van der Waals surface area contributed by atoms with Crippen LogP contribution in [0.15, 0.2) is 33.7 Å². The smallest absolute Gasteiger partial charge is 0.225 e. The van der Waals surface area contributed by atoms with Crippen molar-refractivity contribution in [1.82, 2.24) is 15.5 Å². The molecule has 1 aromatic rings. The van der Waals surface area contributed by atoms with Crippen LogP contribution in [0, 0.1) is 5.92 Å². The van der Waals surface area contributed by atoms with Gasteiger partial charge in [-0.15, -0.1) is 0 Å². The molecule has 0 aromatic heterocycles. The number of carbonyl (C=O) groups excluding carboxylic acids is 1. The second kappa shape index (κ2) is 8.70. The quantitative estimate of drug-likeness (QED) is 0.596. The van der Waals surface area contributed by atoms with Crippen LogP contribution in [-0.2, 0) is 11.3 Å². The van der Waals surface area contributed by atoms with Crippen LogP contribution in [0.4, 0.5) is 0 Å². The lowest BCUT2D eigenvalue weighted by Gasteiger charge is -2.21. The van der Waals surface area contributed by atoms with Gasteiger partial charge in [0.15, 0.2) is 5.96 Å². The van der Waals surface area contributed by atoms with Crippen molar-refractivity contribution < 1.29 is 4.79 Å². The number of carbonyl (C=O) groups is 1. The highest BCUT2D eigenvalue weighted by Gasteiger charge is 2.32. The molecule has 1 atom stereocenters. The molecule has 1 heterocycles. The summed E-state index contributed by atoms with van der Waals surface area (Å²) in [5, 5.41) is 6.81. The van der Waals surface area contributed by atoms with E-state index >= 15 is 0 Å². The van der Waals surface area contributed by atoms with Gasteiger partial charge in [-0.3, -0.25) is 9.79 Å². The highest BCUT2D eigenvalue weighted by Crippen LogP contribution is 2.27. The summed E-state index contributed by atoms with van der Waals surface area (Å²) in [4.78, 5) is 18.9. The Labute approximate surface area is 158 Å². The average molecular weight is 407 g/mol. The summed E-state index contributed by atoms with van der Waals surface area (Å²) in [7, 11) is 1.79. The molecule has 2 N–H and O–H groups in total. The Morgan fingerprint density at radius 2 is 1.96 bits per heavy atom. The molecule has 1 aliphatic carbocycles. The summed E-state index contributed by atoms with van der Waals surface area (Å²) < 4.78 is 1.08. The van der Waals surface area contributed by atoms with Gasteiger partial charge in [-0.2, -0.15) is 0 Å². The molecule has 0 radical (unpaired) electrons. The normalized spacial score (nSPS) is 21.6. The van der Waals surface area contributed by atoms with Crippen LogP contribution < -0.4 is 10.6 Å². The fourth-order valence-electron chi connectivity index (χ4n) is 3.69. The van der Waals surface area contributed by atoms with Gasteiger partial charge in [-0.25, -0.2) is 0 Å². The predicted molar refractivity (Wildman–Crippen MR) is 104 cm³/mol. The molecule has 25 heavy (non-hydrogen) atoms. The fourth-order valence-corrected chi connectivity index (χ4v) is 3.95. The number of hydrogen-bond acceptors (Lipinski definition) is 2. The first kappa shape index (κ1) is 18.2. The first-order valence-electron chi connectivity index (χ1n) is 9.16. The van der Waals surface area contributed by atoms with E-state index in [-0.39, 0.29) is 12.0 Å². The first-order valence-corrected chi connectivity index (χ1v) is 9.95. The first-order chi connectivity index (χ1) is 12.2. The third-order valence-electron chi connectivity index (χ3n) is 5.14. The molecule has 1 saturated carbocycles. The van der Waals surface area contributed by atoms with Gasteiger partial charge in [0.05, 0.1) is 0 Å². The van der Waals surface area contributed by atoms with E-state index in [4.69, 9.17) is 0 Å². The van der Waals surface area contributed by atoms with E-state index in [9.17, 15) is 4.79 Å². The van der Waals surface area contributed by atoms with E-state index in [1.165, 1.54) is 18.4 Å². The van der Waals surface area contributed by atoms with Crippen molar-refractivity contribution in [2.45, 2.75) is 44.7 Å². The van der Waals surface area contributed by atoms with E-state index in [1.54, 1.807) is 7.05 Å². The molecule has 1 amide bonds. The molecule has 2 aliphatic rings. The molecule has 1 aliphatic heterocycles. The van der Waals surface area contributed by atoms with Gasteiger partial charge in [0, 0.05) is 43.1 Å². The van der Waals surface area contributed by atoms with Crippen molar-refractivity contribution in [3.05, 3.63) is 34.3 Å². The Bertz CT molecular complexity index is 610. The maximum atomic E-state index is 12.5. The third-order valence-corrected chi connectivity index (χ3v) is 5.67. The predicted octanol–water partition coefficient (Wildman–Crippen LogP) is 2.91. The summed E-state index contributed by atoms with van der Waals surface area (Å²) in [5.41, 5.74) is 1.20. The summed E-state index contributed by atoms with van der Waals surface area (Å²) in [6, 6.07) is 8.53. The zero-order valence-electron chi connectivity index (χ0n) is 14.8. The lowest BCUT2D eigenvalue weighted by Crippen LogP contribution is -2.45. The van der Waals surface area contributed by atoms with E-state index in [0.29, 0.717) is 5.91 Å². The highest BCUT2D eigenvalue weighted by molar-refractivity contribution is 9.10. The topological polar surface area (TPSA) is 56.7 Å². The Morgan fingerprint density at radius 3 is 2.64 bits per heavy atom. The van der Waals surface area contributed by atoms with Gasteiger partial charge in [-0.1, -0.05) is 40.9 Å². The Kier molecular flexibility index (Phi) is 6.34. The average Bonchev–Trinajstić information content (AvgIpc) is 3.31. The minimum absolute atomic E-state index is 0.272. The van der Waals surface area contributed by atoms with Crippen LogP contribution in [0.3, 0.4) is 0 Å². The number of benzene rings is 1. The molecular formula is C19H27BrN4O. The number of likely N-dealkylation sites (tertiary alicyclic amines) is 1. The number of nitrogens with zero attached hydrogens (tertiary/aromatic N) is 2. The number of nitrogens with one attached hydrogen (secondary N) is 2. The van der Waals surface area contributed by atoms with Crippen molar-refractivity contribution >= 4 is 27.8 Å². The zero-order valence-corrected chi connectivity index (χ0v) is 16.4. The number of amides is 1. The number of halogens is 1. The lowest BCUT2D eigenvalue weighted by atomic mass is 10.1. The maximum Gasteiger partial charge on any atom is 0.225 e. The lowest BCUT2D eigenvalue weighted by molar-refractivity contribution is -0.134. The second-order valence-electron chi connectivity index (χ2n) is 6.95. The number of aliphatic imine (C=N–C) groups is 1. The number of rotatable bonds is 4. The van der Waals surface area contributed by atoms with Gasteiger partial charge in [-0.05, 0) is 37.0 Å². The largest absolute Gasteiger partial charge is 0.352 e.